The van der Waals surface area contributed by atoms with Crippen LogP contribution in [0.4, 0.5) is 0 Å². The third-order valence-corrected chi connectivity index (χ3v) is 1.73. The molecule has 0 radical (unpaired) electrons. The van der Waals surface area contributed by atoms with Gasteiger partial charge >= 0.3 is 5.97 Å². The lowest BCUT2D eigenvalue weighted by molar-refractivity contribution is -0.139. The van der Waals surface area contributed by atoms with Gasteiger partial charge in [0.25, 0.3) is 0 Å². The van der Waals surface area contributed by atoms with Crippen LogP contribution in [0.25, 0.3) is 0 Å². The molecule has 14 heavy (non-hydrogen) atoms. The van der Waals surface area contributed by atoms with Gasteiger partial charge in [0, 0.05) is 0 Å². The van der Waals surface area contributed by atoms with E-state index >= 15 is 0 Å². The molecule has 0 rings (SSSR count). The number of hydrogen-bond acceptors (Lipinski definition) is 3. The Morgan fingerprint density at radius 2 is 1.93 bits per heavy atom. The maximum absolute atomic E-state index is 10.3. The lowest BCUT2D eigenvalue weighted by Crippen LogP contribution is -2.33. The molecule has 0 aliphatic rings. The van der Waals surface area contributed by atoms with Crippen molar-refractivity contribution in [2.24, 2.45) is 5.73 Å². The molecule has 0 aliphatic carbocycles. The summed E-state index contributed by atoms with van der Waals surface area (Å²) in [7, 11) is 0. The van der Waals surface area contributed by atoms with Gasteiger partial charge in [-0.3, -0.25) is 4.79 Å². The minimum atomic E-state index is -1.05. The number of carboxylic acid groups (broad SMARTS) is 1. The van der Waals surface area contributed by atoms with Crippen LogP contribution in [0.15, 0.2) is 0 Å². The third-order valence-electron chi connectivity index (χ3n) is 1.73. The predicted octanol–water partition coefficient (Wildman–Crippen LogP) is 1.37. The zero-order valence-corrected chi connectivity index (χ0v) is 9.36. The summed E-state index contributed by atoms with van der Waals surface area (Å²) in [6.45, 7) is 6.02. The molecule has 0 aromatic heterocycles. The lowest BCUT2D eigenvalue weighted by atomic mass is 10.1. The van der Waals surface area contributed by atoms with Crippen LogP contribution in [0.5, 0.6) is 0 Å². The van der Waals surface area contributed by atoms with Gasteiger partial charge < -0.3 is 15.9 Å². The van der Waals surface area contributed by atoms with Crippen molar-refractivity contribution < 1.29 is 15.0 Å². The van der Waals surface area contributed by atoms with Crippen molar-refractivity contribution in [3.05, 3.63) is 0 Å². The van der Waals surface area contributed by atoms with Crippen LogP contribution < -0.4 is 5.73 Å². The van der Waals surface area contributed by atoms with Crippen molar-refractivity contribution in [2.45, 2.75) is 58.6 Å². The first-order chi connectivity index (χ1) is 6.57. The van der Waals surface area contributed by atoms with Crippen molar-refractivity contribution in [1.29, 1.82) is 0 Å². The minimum Gasteiger partial charge on any atom is -0.480 e. The molecular formula is C10H23NO3. The van der Waals surface area contributed by atoms with E-state index in [2.05, 4.69) is 0 Å². The molecular weight excluding hydrogens is 182 g/mol. The Morgan fingerprint density at radius 3 is 2.29 bits per heavy atom. The molecule has 0 amide bonds. The Morgan fingerprint density at radius 1 is 1.43 bits per heavy atom. The highest BCUT2D eigenvalue weighted by atomic mass is 16.4. The van der Waals surface area contributed by atoms with Gasteiger partial charge in [0.2, 0.25) is 0 Å². The Bertz CT molecular complexity index is 139. The fourth-order valence-electron chi connectivity index (χ4n) is 0.952. The minimum absolute atomic E-state index is 0.148. The van der Waals surface area contributed by atoms with E-state index in [-0.39, 0.29) is 6.42 Å². The SMILES string of the molecule is CC.CCCC[C@@H](O)C[C@H](N)C(=O)O. The highest BCUT2D eigenvalue weighted by molar-refractivity contribution is 5.73. The molecule has 4 nitrogen and oxygen atoms in total. The molecule has 0 spiro atoms. The number of nitrogens with two attached hydrogens (primary N) is 1. The number of rotatable bonds is 6. The number of aliphatic hydroxyl groups excluding tert-OH is 1. The molecule has 0 aromatic carbocycles. The van der Waals surface area contributed by atoms with Crippen molar-refractivity contribution in [1.82, 2.24) is 0 Å². The smallest absolute Gasteiger partial charge is 0.320 e. The van der Waals surface area contributed by atoms with Crippen LogP contribution in [0.2, 0.25) is 0 Å². The summed E-state index contributed by atoms with van der Waals surface area (Å²) in [5, 5.41) is 17.7. The molecule has 2 atom stereocenters. The Balaban J connectivity index is 0. The molecule has 0 saturated carbocycles. The zero-order chi connectivity index (χ0) is 11.6. The summed E-state index contributed by atoms with van der Waals surface area (Å²) in [6.07, 6.45) is 2.12. The van der Waals surface area contributed by atoms with Crippen LogP contribution in [0, 0.1) is 0 Å². The number of carbonyl (C=O) groups is 1. The predicted molar refractivity (Wildman–Crippen MR) is 57.1 cm³/mol. The van der Waals surface area contributed by atoms with Gasteiger partial charge in [-0.05, 0) is 12.8 Å². The topological polar surface area (TPSA) is 83.5 Å². The van der Waals surface area contributed by atoms with Gasteiger partial charge in [-0.15, -0.1) is 0 Å². The van der Waals surface area contributed by atoms with Gasteiger partial charge in [0.05, 0.1) is 6.10 Å². The number of unbranched alkanes of at least 4 members (excludes halogenated alkanes) is 1. The quantitative estimate of drug-likeness (QED) is 0.611. The van der Waals surface area contributed by atoms with Crippen LogP contribution >= 0.6 is 0 Å². The van der Waals surface area contributed by atoms with Crippen LogP contribution in [0.3, 0.4) is 0 Å². The number of aliphatic hydroxyl groups is 1. The van der Waals surface area contributed by atoms with Gasteiger partial charge in [-0.25, -0.2) is 0 Å². The molecule has 0 saturated heterocycles. The fourth-order valence-corrected chi connectivity index (χ4v) is 0.952. The van der Waals surface area contributed by atoms with Crippen LogP contribution in [-0.2, 0) is 4.79 Å². The van der Waals surface area contributed by atoms with Crippen LogP contribution in [-0.4, -0.2) is 28.3 Å². The number of hydrogen-bond donors (Lipinski definition) is 3. The van der Waals surface area contributed by atoms with E-state index in [1.165, 1.54) is 0 Å². The highest BCUT2D eigenvalue weighted by Crippen LogP contribution is 2.05. The van der Waals surface area contributed by atoms with E-state index in [0.717, 1.165) is 12.8 Å². The van der Waals surface area contributed by atoms with Crippen molar-refractivity contribution in [2.75, 3.05) is 0 Å². The van der Waals surface area contributed by atoms with Gasteiger partial charge in [0.1, 0.15) is 6.04 Å². The van der Waals surface area contributed by atoms with E-state index in [1.54, 1.807) is 0 Å². The van der Waals surface area contributed by atoms with E-state index in [0.29, 0.717) is 6.42 Å². The number of carboxylic acids is 1. The first-order valence-electron chi connectivity index (χ1n) is 5.24. The van der Waals surface area contributed by atoms with Gasteiger partial charge in [-0.2, -0.15) is 0 Å². The first-order valence-corrected chi connectivity index (χ1v) is 5.24. The van der Waals surface area contributed by atoms with E-state index in [4.69, 9.17) is 10.8 Å². The molecule has 86 valence electrons. The molecule has 0 aliphatic heterocycles. The summed E-state index contributed by atoms with van der Waals surface area (Å²) in [5.74, 6) is -1.05. The molecule has 4 heteroatoms. The Hall–Kier alpha value is -0.610. The monoisotopic (exact) mass is 205 g/mol. The Labute approximate surface area is 86.1 Å². The standard InChI is InChI=1S/C8H17NO3.C2H6/c1-2-3-4-6(10)5-7(9)8(11)12;1-2/h6-7,10H,2-5,9H2,1H3,(H,11,12);1-2H3/t6-,7+;/m1./s1. The molecule has 0 aromatic rings. The number of aliphatic carboxylic acids is 1. The molecule has 0 heterocycles. The summed E-state index contributed by atoms with van der Waals surface area (Å²) < 4.78 is 0. The second-order valence-corrected chi connectivity index (χ2v) is 2.98. The maximum Gasteiger partial charge on any atom is 0.320 e. The van der Waals surface area contributed by atoms with E-state index in [1.807, 2.05) is 20.8 Å². The highest BCUT2D eigenvalue weighted by Gasteiger charge is 2.15. The van der Waals surface area contributed by atoms with E-state index in [9.17, 15) is 9.90 Å². The maximum atomic E-state index is 10.3. The third kappa shape index (κ3) is 9.48. The normalized spacial score (nSPS) is 13.8. The molecule has 0 unspecified atom stereocenters. The van der Waals surface area contributed by atoms with Crippen molar-refractivity contribution in [3.63, 3.8) is 0 Å². The second kappa shape index (κ2) is 10.5. The van der Waals surface area contributed by atoms with Gasteiger partial charge in [0.15, 0.2) is 0 Å². The largest absolute Gasteiger partial charge is 0.480 e. The zero-order valence-electron chi connectivity index (χ0n) is 9.36. The average molecular weight is 205 g/mol. The Kier molecular flexibility index (Phi) is 11.9. The van der Waals surface area contributed by atoms with Crippen LogP contribution in [0.1, 0.15) is 46.5 Å². The summed E-state index contributed by atoms with van der Waals surface area (Å²) in [5.41, 5.74) is 5.23. The summed E-state index contributed by atoms with van der Waals surface area (Å²) >= 11 is 0. The summed E-state index contributed by atoms with van der Waals surface area (Å²) in [4.78, 5) is 10.3. The molecule has 0 fully saturated rings. The summed E-state index contributed by atoms with van der Waals surface area (Å²) in [6, 6.07) is -0.933. The molecule has 0 bridgehead atoms. The van der Waals surface area contributed by atoms with Crippen molar-refractivity contribution in [3.8, 4) is 0 Å². The van der Waals surface area contributed by atoms with E-state index < -0.39 is 18.1 Å². The second-order valence-electron chi connectivity index (χ2n) is 2.98. The van der Waals surface area contributed by atoms with Crippen molar-refractivity contribution >= 4 is 5.97 Å². The lowest BCUT2D eigenvalue weighted by Gasteiger charge is -2.12. The average Bonchev–Trinajstić information content (AvgIpc) is 2.17. The first kappa shape index (κ1) is 15.8. The van der Waals surface area contributed by atoms with Gasteiger partial charge in [-0.1, -0.05) is 33.6 Å². The fraction of sp³-hybridized carbons (Fsp3) is 0.900. The molecule has 4 N–H and O–H groups in total.